The van der Waals surface area contributed by atoms with Crippen LogP contribution in [0.3, 0.4) is 0 Å². The molecule has 0 amide bonds. The zero-order chi connectivity index (χ0) is 26.0. The Morgan fingerprint density at radius 3 is 2.29 bits per heavy atom. The zero-order valence-corrected chi connectivity index (χ0v) is 21.2. The fourth-order valence-electron chi connectivity index (χ4n) is 6.19. The third-order valence-electron chi connectivity index (χ3n) is 8.11. The van der Waals surface area contributed by atoms with E-state index in [1.807, 2.05) is 54.6 Å². The summed E-state index contributed by atoms with van der Waals surface area (Å²) in [5.41, 5.74) is 4.88. The van der Waals surface area contributed by atoms with Crippen molar-refractivity contribution in [3.05, 3.63) is 106 Å². The van der Waals surface area contributed by atoms with Crippen LogP contribution in [0.1, 0.15) is 58.2 Å². The van der Waals surface area contributed by atoms with E-state index in [0.29, 0.717) is 34.8 Å². The van der Waals surface area contributed by atoms with Gasteiger partial charge in [-0.3, -0.25) is 0 Å². The highest BCUT2D eigenvalue weighted by atomic mass is 16.7. The molecule has 0 aromatic heterocycles. The number of fused-ring (bicyclic) bond motifs is 8. The van der Waals surface area contributed by atoms with Crippen LogP contribution in [0.25, 0.3) is 0 Å². The first-order valence-corrected chi connectivity index (χ1v) is 12.9. The van der Waals surface area contributed by atoms with Crippen molar-refractivity contribution in [3.63, 3.8) is 0 Å². The topological polar surface area (TPSA) is 77.4 Å². The van der Waals surface area contributed by atoms with Gasteiger partial charge in [0, 0.05) is 52.3 Å². The van der Waals surface area contributed by atoms with Crippen molar-refractivity contribution in [1.82, 2.24) is 0 Å². The number of hydrogen-bond acceptors (Lipinski definition) is 6. The van der Waals surface area contributed by atoms with Gasteiger partial charge in [0.1, 0.15) is 40.6 Å². The third-order valence-corrected chi connectivity index (χ3v) is 8.11. The summed E-state index contributed by atoms with van der Waals surface area (Å²) < 4.78 is 25.9. The third kappa shape index (κ3) is 3.26. The Kier molecular flexibility index (Phi) is 5.02. The van der Waals surface area contributed by atoms with E-state index in [4.69, 9.17) is 18.9 Å². The monoisotopic (exact) mass is 508 g/mol. The molecule has 3 aliphatic heterocycles. The van der Waals surface area contributed by atoms with Crippen molar-refractivity contribution < 1.29 is 29.2 Å². The molecule has 2 bridgehead atoms. The summed E-state index contributed by atoms with van der Waals surface area (Å²) in [4.78, 5) is 0. The van der Waals surface area contributed by atoms with Gasteiger partial charge in [-0.15, -0.1) is 0 Å². The maximum absolute atomic E-state index is 11.3. The van der Waals surface area contributed by atoms with Gasteiger partial charge >= 0.3 is 0 Å². The molecule has 4 aromatic rings. The first-order chi connectivity index (χ1) is 18.5. The molecule has 7 rings (SSSR count). The molecule has 2 N–H and O–H groups in total. The van der Waals surface area contributed by atoms with Gasteiger partial charge in [0.25, 0.3) is 5.79 Å². The van der Waals surface area contributed by atoms with Crippen LogP contribution in [0.5, 0.6) is 34.5 Å². The van der Waals surface area contributed by atoms with Crippen molar-refractivity contribution in [3.8, 4) is 34.5 Å². The Morgan fingerprint density at radius 2 is 1.58 bits per heavy atom. The molecular weight excluding hydrogens is 480 g/mol. The number of ether oxygens (including phenoxy) is 4. The summed E-state index contributed by atoms with van der Waals surface area (Å²) in [5.74, 6) is 1.01. The van der Waals surface area contributed by atoms with E-state index >= 15 is 0 Å². The molecule has 0 radical (unpaired) electrons. The van der Waals surface area contributed by atoms with Crippen LogP contribution in [-0.2, 0) is 12.2 Å². The van der Waals surface area contributed by atoms with Crippen molar-refractivity contribution >= 4 is 0 Å². The summed E-state index contributed by atoms with van der Waals surface area (Å²) in [5, 5.41) is 21.9. The largest absolute Gasteiger partial charge is 0.507 e. The predicted octanol–water partition coefficient (Wildman–Crippen LogP) is 6.64. The van der Waals surface area contributed by atoms with Gasteiger partial charge in [-0.1, -0.05) is 60.7 Å². The van der Waals surface area contributed by atoms with Crippen molar-refractivity contribution in [1.29, 1.82) is 0 Å². The Bertz CT molecular complexity index is 1550. The van der Waals surface area contributed by atoms with Gasteiger partial charge in [0.2, 0.25) is 0 Å². The van der Waals surface area contributed by atoms with Gasteiger partial charge in [-0.25, -0.2) is 0 Å². The Hall–Kier alpha value is -4.32. The number of rotatable bonds is 3. The van der Waals surface area contributed by atoms with E-state index < -0.39 is 5.79 Å². The Labute approximate surface area is 221 Å². The summed E-state index contributed by atoms with van der Waals surface area (Å²) in [6, 6.07) is 23.5. The zero-order valence-electron chi connectivity index (χ0n) is 21.2. The Morgan fingerprint density at radius 1 is 0.895 bits per heavy atom. The molecule has 38 heavy (non-hydrogen) atoms. The second-order valence-corrected chi connectivity index (χ2v) is 10.2. The first kappa shape index (κ1) is 22.8. The van der Waals surface area contributed by atoms with Crippen LogP contribution < -0.4 is 18.9 Å². The predicted molar refractivity (Wildman–Crippen MR) is 141 cm³/mol. The van der Waals surface area contributed by atoms with Gasteiger partial charge in [-0.2, -0.15) is 0 Å². The van der Waals surface area contributed by atoms with Crippen LogP contribution in [0.2, 0.25) is 0 Å². The standard InChI is InChI=1S/C32H28O6/c1-18-23(33)15-26-28(30(18)34)22-17-32(37-26,20-11-7-4-8-12-20)38-27-16-25(35-2)21-13-14-24(36-31(21)29(22)27)19-9-5-3-6-10-19/h3-12,15-16,22,24,33-34H,13-14,17H2,1-2H3. The number of benzene rings is 4. The minimum absolute atomic E-state index is 0.0261. The molecule has 6 heteroatoms. The minimum atomic E-state index is -1.15. The molecule has 0 saturated heterocycles. The smallest absolute Gasteiger partial charge is 0.278 e. The summed E-state index contributed by atoms with van der Waals surface area (Å²) in [7, 11) is 1.66. The first-order valence-electron chi connectivity index (χ1n) is 12.9. The normalized spacial score (nSPS) is 22.6. The fraction of sp³-hybridized carbons (Fsp3) is 0.250. The molecule has 3 unspecified atom stereocenters. The molecule has 3 atom stereocenters. The summed E-state index contributed by atoms with van der Waals surface area (Å²) in [6.45, 7) is 1.70. The summed E-state index contributed by atoms with van der Waals surface area (Å²) >= 11 is 0. The lowest BCUT2D eigenvalue weighted by Crippen LogP contribution is -2.47. The molecule has 0 aliphatic carbocycles. The second kappa shape index (κ2) is 8.35. The number of phenolic OH excluding ortho intramolecular Hbond substituents is 2. The average molecular weight is 509 g/mol. The summed E-state index contributed by atoms with van der Waals surface area (Å²) in [6.07, 6.45) is 1.93. The number of phenols is 2. The van der Waals surface area contributed by atoms with Crippen molar-refractivity contribution in [2.24, 2.45) is 0 Å². The van der Waals surface area contributed by atoms with E-state index in [-0.39, 0.29) is 23.5 Å². The molecule has 0 spiro atoms. The highest BCUT2D eigenvalue weighted by Crippen LogP contribution is 2.62. The molecule has 3 heterocycles. The van der Waals surface area contributed by atoms with Crippen molar-refractivity contribution in [2.45, 2.75) is 44.0 Å². The number of hydrogen-bond donors (Lipinski definition) is 2. The Balaban J connectivity index is 1.48. The molecule has 192 valence electrons. The van der Waals surface area contributed by atoms with E-state index in [1.54, 1.807) is 20.1 Å². The number of aromatic hydroxyl groups is 2. The van der Waals surface area contributed by atoms with E-state index in [2.05, 4.69) is 12.1 Å². The van der Waals surface area contributed by atoms with Crippen LogP contribution in [0, 0.1) is 6.92 Å². The van der Waals surface area contributed by atoms with Gasteiger partial charge in [-0.05, 0) is 25.3 Å². The van der Waals surface area contributed by atoms with E-state index in [9.17, 15) is 10.2 Å². The van der Waals surface area contributed by atoms with Crippen LogP contribution in [0.15, 0.2) is 72.8 Å². The van der Waals surface area contributed by atoms with Crippen LogP contribution >= 0.6 is 0 Å². The number of methoxy groups -OCH3 is 1. The minimum Gasteiger partial charge on any atom is -0.507 e. The van der Waals surface area contributed by atoms with E-state index in [1.165, 1.54) is 0 Å². The fourth-order valence-corrected chi connectivity index (χ4v) is 6.19. The molecule has 3 aliphatic rings. The van der Waals surface area contributed by atoms with Gasteiger partial charge in [0.05, 0.1) is 7.11 Å². The lowest BCUT2D eigenvalue weighted by Gasteiger charge is -2.47. The van der Waals surface area contributed by atoms with Crippen molar-refractivity contribution in [2.75, 3.05) is 7.11 Å². The highest BCUT2D eigenvalue weighted by Gasteiger charge is 2.53. The van der Waals surface area contributed by atoms with E-state index in [0.717, 1.165) is 40.8 Å². The maximum atomic E-state index is 11.3. The second-order valence-electron chi connectivity index (χ2n) is 10.2. The van der Waals surface area contributed by atoms with Gasteiger partial charge in [0.15, 0.2) is 0 Å². The molecule has 0 fully saturated rings. The molecule has 4 aromatic carbocycles. The quantitative estimate of drug-likeness (QED) is 0.323. The lowest BCUT2D eigenvalue weighted by molar-refractivity contribution is -0.149. The maximum Gasteiger partial charge on any atom is 0.278 e. The molecule has 0 saturated carbocycles. The van der Waals surface area contributed by atoms with Crippen LogP contribution in [0.4, 0.5) is 0 Å². The highest BCUT2D eigenvalue weighted by molar-refractivity contribution is 5.68. The average Bonchev–Trinajstić information content (AvgIpc) is 2.95. The lowest BCUT2D eigenvalue weighted by atomic mass is 9.76. The SMILES string of the molecule is COc1cc2c(c3c1CCC(c1ccccc1)O3)C1CC(c3ccccc3)(Oc3cc(O)c(C)c(O)c31)O2. The molecular formula is C32H28O6. The van der Waals surface area contributed by atoms with Crippen LogP contribution in [-0.4, -0.2) is 17.3 Å². The molecule has 6 nitrogen and oxygen atoms in total. The van der Waals surface area contributed by atoms with Gasteiger partial charge < -0.3 is 29.2 Å².